The summed E-state index contributed by atoms with van der Waals surface area (Å²) in [7, 11) is 1.92. The minimum absolute atomic E-state index is 0.137. The summed E-state index contributed by atoms with van der Waals surface area (Å²) in [4.78, 5) is 0. The van der Waals surface area contributed by atoms with Crippen LogP contribution in [-0.2, 0) is 13.6 Å². The van der Waals surface area contributed by atoms with Crippen LogP contribution in [0.4, 0.5) is 4.39 Å². The monoisotopic (exact) mass is 259 g/mol. The van der Waals surface area contributed by atoms with Crippen LogP contribution in [0.5, 0.6) is 0 Å². The molecule has 0 aliphatic heterocycles. The van der Waals surface area contributed by atoms with Crippen LogP contribution in [0, 0.1) is 5.82 Å². The lowest BCUT2D eigenvalue weighted by Crippen LogP contribution is -2.39. The van der Waals surface area contributed by atoms with Crippen molar-refractivity contribution in [3.8, 4) is 0 Å². The first-order chi connectivity index (χ1) is 9.20. The number of halogens is 1. The standard InChI is InChI=1S/C15H18FN3/c1-19-6-5-14(18-19)10-17-15-8-12(9-15)11-3-2-4-13(16)7-11/h2-7,12,15,17H,8-10H2,1H3. The molecule has 0 unspecified atom stereocenters. The predicted molar refractivity (Wildman–Crippen MR) is 72.2 cm³/mol. The summed E-state index contributed by atoms with van der Waals surface area (Å²) in [6.45, 7) is 0.807. The van der Waals surface area contributed by atoms with E-state index in [1.165, 1.54) is 6.07 Å². The Morgan fingerprint density at radius 1 is 1.37 bits per heavy atom. The van der Waals surface area contributed by atoms with Crippen molar-refractivity contribution in [2.24, 2.45) is 7.05 Å². The SMILES string of the molecule is Cn1ccc(CNC2CC(c3cccc(F)c3)C2)n1. The first kappa shape index (κ1) is 12.4. The summed E-state index contributed by atoms with van der Waals surface area (Å²) >= 11 is 0. The molecule has 0 radical (unpaired) electrons. The van der Waals surface area contributed by atoms with Crippen LogP contribution in [0.3, 0.4) is 0 Å². The Hall–Kier alpha value is -1.68. The van der Waals surface area contributed by atoms with Gasteiger partial charge in [0.2, 0.25) is 0 Å². The maximum absolute atomic E-state index is 13.1. The molecule has 0 amide bonds. The van der Waals surface area contributed by atoms with Crippen LogP contribution in [0.25, 0.3) is 0 Å². The minimum atomic E-state index is -0.137. The molecule has 1 saturated carbocycles. The van der Waals surface area contributed by atoms with E-state index in [1.54, 1.807) is 12.1 Å². The fourth-order valence-electron chi connectivity index (χ4n) is 2.62. The number of hydrogen-bond acceptors (Lipinski definition) is 2. The first-order valence-electron chi connectivity index (χ1n) is 6.68. The van der Waals surface area contributed by atoms with Gasteiger partial charge in [0.15, 0.2) is 0 Å². The number of aromatic nitrogens is 2. The summed E-state index contributed by atoms with van der Waals surface area (Å²) < 4.78 is 14.9. The van der Waals surface area contributed by atoms with Crippen LogP contribution >= 0.6 is 0 Å². The number of nitrogens with one attached hydrogen (secondary N) is 1. The van der Waals surface area contributed by atoms with Gasteiger partial charge >= 0.3 is 0 Å². The molecule has 0 saturated heterocycles. The summed E-state index contributed by atoms with van der Waals surface area (Å²) in [5.41, 5.74) is 2.19. The van der Waals surface area contributed by atoms with Crippen molar-refractivity contribution in [3.05, 3.63) is 53.6 Å². The second-order valence-electron chi connectivity index (χ2n) is 5.28. The zero-order chi connectivity index (χ0) is 13.2. The van der Waals surface area contributed by atoms with Crippen molar-refractivity contribution >= 4 is 0 Å². The van der Waals surface area contributed by atoms with E-state index in [1.807, 2.05) is 30.1 Å². The lowest BCUT2D eigenvalue weighted by atomic mass is 9.76. The van der Waals surface area contributed by atoms with Crippen molar-refractivity contribution in [1.29, 1.82) is 0 Å². The Morgan fingerprint density at radius 3 is 2.89 bits per heavy atom. The van der Waals surface area contributed by atoms with Crippen molar-refractivity contribution in [1.82, 2.24) is 15.1 Å². The van der Waals surface area contributed by atoms with Gasteiger partial charge in [-0.25, -0.2) is 4.39 Å². The molecule has 1 aromatic heterocycles. The largest absolute Gasteiger partial charge is 0.308 e. The fourth-order valence-corrected chi connectivity index (χ4v) is 2.62. The van der Waals surface area contributed by atoms with Gasteiger partial charge in [-0.15, -0.1) is 0 Å². The third kappa shape index (κ3) is 2.84. The molecule has 100 valence electrons. The highest BCUT2D eigenvalue weighted by atomic mass is 19.1. The average molecular weight is 259 g/mol. The van der Waals surface area contributed by atoms with Crippen molar-refractivity contribution < 1.29 is 4.39 Å². The van der Waals surface area contributed by atoms with E-state index in [0.717, 1.165) is 30.6 Å². The molecule has 3 rings (SSSR count). The van der Waals surface area contributed by atoms with Crippen molar-refractivity contribution in [2.75, 3.05) is 0 Å². The lowest BCUT2D eigenvalue weighted by Gasteiger charge is -2.36. The molecule has 0 spiro atoms. The van der Waals surface area contributed by atoms with E-state index in [2.05, 4.69) is 10.4 Å². The lowest BCUT2D eigenvalue weighted by molar-refractivity contribution is 0.288. The first-order valence-corrected chi connectivity index (χ1v) is 6.68. The van der Waals surface area contributed by atoms with Crippen molar-refractivity contribution in [3.63, 3.8) is 0 Å². The van der Waals surface area contributed by atoms with Gasteiger partial charge in [-0.1, -0.05) is 12.1 Å². The number of rotatable bonds is 4. The van der Waals surface area contributed by atoms with Crippen LogP contribution in [0.1, 0.15) is 30.0 Å². The van der Waals surface area contributed by atoms with Crippen LogP contribution in [0.15, 0.2) is 36.5 Å². The van der Waals surface area contributed by atoms with E-state index in [9.17, 15) is 4.39 Å². The smallest absolute Gasteiger partial charge is 0.123 e. The van der Waals surface area contributed by atoms with Gasteiger partial charge in [-0.2, -0.15) is 5.10 Å². The van der Waals surface area contributed by atoms with E-state index in [4.69, 9.17) is 0 Å². The zero-order valence-corrected chi connectivity index (χ0v) is 11.0. The maximum Gasteiger partial charge on any atom is 0.123 e. The molecular formula is C15H18FN3. The molecule has 2 aromatic rings. The van der Waals surface area contributed by atoms with Gasteiger partial charge in [-0.05, 0) is 42.5 Å². The summed E-state index contributed by atoms with van der Waals surface area (Å²) in [5.74, 6) is 0.360. The third-order valence-corrected chi connectivity index (χ3v) is 3.80. The van der Waals surface area contributed by atoms with Gasteiger partial charge < -0.3 is 5.32 Å². The highest BCUT2D eigenvalue weighted by molar-refractivity contribution is 5.23. The number of hydrogen-bond donors (Lipinski definition) is 1. The minimum Gasteiger partial charge on any atom is -0.308 e. The highest BCUT2D eigenvalue weighted by Gasteiger charge is 2.29. The van der Waals surface area contributed by atoms with Gasteiger partial charge in [0.1, 0.15) is 5.82 Å². The normalized spacial score (nSPS) is 22.2. The molecule has 1 fully saturated rings. The molecule has 1 N–H and O–H groups in total. The topological polar surface area (TPSA) is 29.9 Å². The Labute approximate surface area is 112 Å². The van der Waals surface area contributed by atoms with Gasteiger partial charge in [0.05, 0.1) is 5.69 Å². The quantitative estimate of drug-likeness (QED) is 0.914. The van der Waals surface area contributed by atoms with Crippen molar-refractivity contribution in [2.45, 2.75) is 31.3 Å². The second kappa shape index (κ2) is 5.13. The van der Waals surface area contributed by atoms with E-state index >= 15 is 0 Å². The van der Waals surface area contributed by atoms with Crippen LogP contribution in [-0.4, -0.2) is 15.8 Å². The molecule has 1 aliphatic rings. The molecule has 0 atom stereocenters. The molecule has 4 heteroatoms. The summed E-state index contributed by atoms with van der Waals surface area (Å²) in [5, 5.41) is 7.83. The molecule has 0 bridgehead atoms. The summed E-state index contributed by atoms with van der Waals surface area (Å²) in [6, 6.07) is 9.51. The van der Waals surface area contributed by atoms with E-state index in [-0.39, 0.29) is 5.82 Å². The number of aryl methyl sites for hydroxylation is 1. The molecule has 1 aromatic carbocycles. The van der Waals surface area contributed by atoms with Crippen LogP contribution < -0.4 is 5.32 Å². The Kier molecular flexibility index (Phi) is 3.34. The molecular weight excluding hydrogens is 241 g/mol. The van der Waals surface area contributed by atoms with Gasteiger partial charge in [0.25, 0.3) is 0 Å². The van der Waals surface area contributed by atoms with E-state index < -0.39 is 0 Å². The zero-order valence-electron chi connectivity index (χ0n) is 11.0. The molecule has 1 heterocycles. The highest BCUT2D eigenvalue weighted by Crippen LogP contribution is 2.37. The Bertz CT molecular complexity index is 558. The van der Waals surface area contributed by atoms with Crippen LogP contribution in [0.2, 0.25) is 0 Å². The predicted octanol–water partition coefficient (Wildman–Crippen LogP) is 2.60. The number of nitrogens with zero attached hydrogens (tertiary/aromatic N) is 2. The fraction of sp³-hybridized carbons (Fsp3) is 0.400. The Balaban J connectivity index is 1.48. The third-order valence-electron chi connectivity index (χ3n) is 3.80. The molecule has 19 heavy (non-hydrogen) atoms. The summed E-state index contributed by atoms with van der Waals surface area (Å²) in [6.07, 6.45) is 4.11. The molecule has 3 nitrogen and oxygen atoms in total. The second-order valence-corrected chi connectivity index (χ2v) is 5.28. The average Bonchev–Trinajstić information content (AvgIpc) is 2.73. The Morgan fingerprint density at radius 2 is 2.21 bits per heavy atom. The van der Waals surface area contributed by atoms with E-state index in [0.29, 0.717) is 12.0 Å². The maximum atomic E-state index is 13.1. The number of benzene rings is 1. The molecule has 1 aliphatic carbocycles. The van der Waals surface area contributed by atoms with Gasteiger partial charge in [0, 0.05) is 25.8 Å². The van der Waals surface area contributed by atoms with Gasteiger partial charge in [-0.3, -0.25) is 4.68 Å².